The van der Waals surface area contributed by atoms with Crippen molar-refractivity contribution in [3.05, 3.63) is 65.7 Å². The molecule has 1 aliphatic rings. The van der Waals surface area contributed by atoms with Crippen molar-refractivity contribution in [2.45, 2.75) is 17.9 Å². The highest BCUT2D eigenvalue weighted by atomic mass is 32.2. The van der Waals surface area contributed by atoms with Gasteiger partial charge in [-0.15, -0.1) is 0 Å². The lowest BCUT2D eigenvalue weighted by molar-refractivity contribution is -0.107. The predicted molar refractivity (Wildman–Crippen MR) is 103 cm³/mol. The van der Waals surface area contributed by atoms with Crippen LogP contribution in [0.5, 0.6) is 0 Å². The minimum atomic E-state index is -3.63. The molecule has 0 bridgehead atoms. The first kappa shape index (κ1) is 20.0. The number of hydrogen-bond donors (Lipinski definition) is 0. The van der Waals surface area contributed by atoms with Gasteiger partial charge in [-0.2, -0.15) is 4.31 Å². The molecule has 0 atom stereocenters. The smallest absolute Gasteiger partial charge is 0.410 e. The number of benzene rings is 2. The molecule has 0 radical (unpaired) electrons. The van der Waals surface area contributed by atoms with Crippen molar-refractivity contribution in [2.24, 2.45) is 0 Å². The monoisotopic (exact) mass is 402 g/mol. The Bertz CT molecular complexity index is 905. The third kappa shape index (κ3) is 4.76. The lowest BCUT2D eigenvalue weighted by atomic mass is 10.2. The Hall–Kier alpha value is -2.71. The molecule has 7 nitrogen and oxygen atoms in total. The van der Waals surface area contributed by atoms with E-state index in [9.17, 15) is 18.0 Å². The van der Waals surface area contributed by atoms with E-state index in [1.54, 1.807) is 12.1 Å². The summed E-state index contributed by atoms with van der Waals surface area (Å²) in [5, 5.41) is 0. The number of amides is 1. The third-order valence-electron chi connectivity index (χ3n) is 4.58. The van der Waals surface area contributed by atoms with Gasteiger partial charge in [-0.1, -0.05) is 42.5 Å². The summed E-state index contributed by atoms with van der Waals surface area (Å²) in [5.41, 5.74) is 1.66. The Morgan fingerprint density at radius 2 is 1.57 bits per heavy atom. The highest BCUT2D eigenvalue weighted by Gasteiger charge is 2.30. The van der Waals surface area contributed by atoms with Crippen LogP contribution in [0.25, 0.3) is 0 Å². The van der Waals surface area contributed by atoms with Crippen molar-refractivity contribution in [1.82, 2.24) is 9.21 Å². The fourth-order valence-corrected chi connectivity index (χ4v) is 4.39. The maximum absolute atomic E-state index is 12.8. The summed E-state index contributed by atoms with van der Waals surface area (Å²) in [6, 6.07) is 15.7. The van der Waals surface area contributed by atoms with E-state index in [4.69, 9.17) is 4.74 Å². The maximum atomic E-state index is 12.8. The van der Waals surface area contributed by atoms with Crippen LogP contribution in [0.2, 0.25) is 0 Å². The summed E-state index contributed by atoms with van der Waals surface area (Å²) in [7, 11) is -3.63. The van der Waals surface area contributed by atoms with Gasteiger partial charge in [0.2, 0.25) is 10.0 Å². The van der Waals surface area contributed by atoms with Crippen molar-refractivity contribution < 1.29 is 22.7 Å². The van der Waals surface area contributed by atoms with Crippen LogP contribution < -0.4 is 0 Å². The quantitative estimate of drug-likeness (QED) is 0.691. The minimum absolute atomic E-state index is 0.183. The zero-order valence-electron chi connectivity index (χ0n) is 15.4. The average Bonchev–Trinajstić information content (AvgIpc) is 2.73. The Morgan fingerprint density at radius 1 is 0.929 bits per heavy atom. The lowest BCUT2D eigenvalue weighted by Gasteiger charge is -2.33. The van der Waals surface area contributed by atoms with Gasteiger partial charge in [-0.05, 0) is 23.3 Å². The van der Waals surface area contributed by atoms with Crippen molar-refractivity contribution in [3.8, 4) is 0 Å². The van der Waals surface area contributed by atoms with E-state index in [-0.39, 0.29) is 44.1 Å². The van der Waals surface area contributed by atoms with Crippen LogP contribution in [0.3, 0.4) is 0 Å². The van der Waals surface area contributed by atoms with Gasteiger partial charge in [0.15, 0.2) is 0 Å². The molecule has 0 N–H and O–H groups in total. The number of aldehydes is 1. The van der Waals surface area contributed by atoms with Crippen molar-refractivity contribution in [1.29, 1.82) is 0 Å². The average molecular weight is 402 g/mol. The fourth-order valence-electron chi connectivity index (χ4n) is 2.96. The molecule has 1 heterocycles. The molecule has 0 saturated carbocycles. The molecule has 2 aromatic carbocycles. The summed E-state index contributed by atoms with van der Waals surface area (Å²) in [6.07, 6.45) is 0.586. The molecule has 1 aliphatic heterocycles. The van der Waals surface area contributed by atoms with Crippen LogP contribution in [-0.4, -0.2) is 56.2 Å². The number of carbonyl (C=O) groups excluding carboxylic acids is 2. The van der Waals surface area contributed by atoms with Crippen molar-refractivity contribution >= 4 is 22.4 Å². The summed E-state index contributed by atoms with van der Waals surface area (Å²) in [6.45, 7) is 1.15. The minimum Gasteiger partial charge on any atom is -0.445 e. The van der Waals surface area contributed by atoms with Gasteiger partial charge in [0.25, 0.3) is 0 Å². The molecule has 8 heteroatoms. The van der Waals surface area contributed by atoms with E-state index < -0.39 is 16.1 Å². The van der Waals surface area contributed by atoms with Crippen molar-refractivity contribution in [3.63, 3.8) is 0 Å². The first-order valence-corrected chi connectivity index (χ1v) is 10.4. The zero-order chi connectivity index (χ0) is 20.0. The number of ether oxygens (including phenoxy) is 1. The molecule has 1 amide bonds. The SMILES string of the molecule is O=CCc1ccc(S(=O)(=O)N2CCN(C(=O)OCc3ccccc3)CC2)cc1. The molecular weight excluding hydrogens is 380 g/mol. The Kier molecular flexibility index (Phi) is 6.43. The molecule has 0 aromatic heterocycles. The second-order valence-electron chi connectivity index (χ2n) is 6.45. The summed E-state index contributed by atoms with van der Waals surface area (Å²) in [5.74, 6) is 0. The second kappa shape index (κ2) is 8.99. The molecule has 0 unspecified atom stereocenters. The molecule has 3 rings (SSSR count). The number of piperazine rings is 1. The van der Waals surface area contributed by atoms with Gasteiger partial charge >= 0.3 is 6.09 Å². The number of sulfonamides is 1. The van der Waals surface area contributed by atoms with Gasteiger partial charge in [-0.3, -0.25) is 0 Å². The van der Waals surface area contributed by atoms with E-state index in [2.05, 4.69) is 0 Å². The van der Waals surface area contributed by atoms with Gasteiger partial charge in [-0.25, -0.2) is 13.2 Å². The lowest BCUT2D eigenvalue weighted by Crippen LogP contribution is -2.50. The normalized spacial score (nSPS) is 15.2. The highest BCUT2D eigenvalue weighted by Crippen LogP contribution is 2.19. The molecular formula is C20H22N2O5S. The van der Waals surface area contributed by atoms with Crippen LogP contribution in [0.15, 0.2) is 59.5 Å². The van der Waals surface area contributed by atoms with E-state index in [1.807, 2.05) is 30.3 Å². The summed E-state index contributed by atoms with van der Waals surface area (Å²) < 4.78 is 32.2. The van der Waals surface area contributed by atoms with Crippen LogP contribution >= 0.6 is 0 Å². The van der Waals surface area contributed by atoms with Gasteiger partial charge in [0.1, 0.15) is 12.9 Å². The molecule has 1 saturated heterocycles. The molecule has 1 fully saturated rings. The Balaban J connectivity index is 1.55. The van der Waals surface area contributed by atoms with Crippen LogP contribution in [0, 0.1) is 0 Å². The van der Waals surface area contributed by atoms with E-state index >= 15 is 0 Å². The Labute approximate surface area is 164 Å². The molecule has 28 heavy (non-hydrogen) atoms. The van der Waals surface area contributed by atoms with Crippen LogP contribution in [-0.2, 0) is 32.6 Å². The molecule has 2 aromatic rings. The maximum Gasteiger partial charge on any atom is 0.410 e. The Morgan fingerprint density at radius 3 is 2.18 bits per heavy atom. The van der Waals surface area contributed by atoms with Crippen molar-refractivity contribution in [2.75, 3.05) is 26.2 Å². The second-order valence-corrected chi connectivity index (χ2v) is 8.38. The first-order valence-electron chi connectivity index (χ1n) is 8.99. The number of carbonyl (C=O) groups is 2. The standard InChI is InChI=1S/C20H22N2O5S/c23-15-10-17-6-8-19(9-7-17)28(25,26)22-13-11-21(12-14-22)20(24)27-16-18-4-2-1-3-5-18/h1-9,15H,10-14,16H2. The largest absolute Gasteiger partial charge is 0.445 e. The summed E-state index contributed by atoms with van der Waals surface area (Å²) in [4.78, 5) is 24.5. The van der Waals surface area contributed by atoms with Crippen LogP contribution in [0.4, 0.5) is 4.79 Å². The number of nitrogens with zero attached hydrogens (tertiary/aromatic N) is 2. The van der Waals surface area contributed by atoms with Gasteiger partial charge in [0, 0.05) is 32.6 Å². The predicted octanol–water partition coefficient (Wildman–Crippen LogP) is 2.07. The number of hydrogen-bond acceptors (Lipinski definition) is 5. The highest BCUT2D eigenvalue weighted by molar-refractivity contribution is 7.89. The molecule has 0 spiro atoms. The van der Waals surface area contributed by atoms with E-state index in [0.717, 1.165) is 17.4 Å². The molecule has 148 valence electrons. The third-order valence-corrected chi connectivity index (χ3v) is 6.50. The van der Waals surface area contributed by atoms with E-state index in [1.165, 1.54) is 21.3 Å². The number of rotatable bonds is 6. The molecule has 0 aliphatic carbocycles. The van der Waals surface area contributed by atoms with Crippen LogP contribution in [0.1, 0.15) is 11.1 Å². The zero-order valence-corrected chi connectivity index (χ0v) is 16.2. The fraction of sp³-hybridized carbons (Fsp3) is 0.300. The topological polar surface area (TPSA) is 84.0 Å². The first-order chi connectivity index (χ1) is 13.5. The van der Waals surface area contributed by atoms with E-state index in [0.29, 0.717) is 0 Å². The van der Waals surface area contributed by atoms with Gasteiger partial charge in [0.05, 0.1) is 4.90 Å². The summed E-state index contributed by atoms with van der Waals surface area (Å²) >= 11 is 0. The van der Waals surface area contributed by atoms with Gasteiger partial charge < -0.3 is 14.4 Å².